The first kappa shape index (κ1) is 14.5. The number of cyclic esters (lactones) is 1. The normalized spacial score (nSPS) is 21.4. The number of ether oxygens (including phenoxy) is 2. The summed E-state index contributed by atoms with van der Waals surface area (Å²) in [7, 11) is 0. The molecule has 1 aromatic rings. The van der Waals surface area contributed by atoms with Crippen LogP contribution in [0.4, 0.5) is 0 Å². The topological polar surface area (TPSA) is 81.7 Å². The van der Waals surface area contributed by atoms with Crippen LogP contribution in [0.15, 0.2) is 30.3 Å². The molecule has 0 saturated carbocycles. The maximum atomic E-state index is 12.0. The summed E-state index contributed by atoms with van der Waals surface area (Å²) in [4.78, 5) is 34.2. The molecule has 1 saturated heterocycles. The van der Waals surface area contributed by atoms with E-state index in [9.17, 15) is 14.4 Å². The lowest BCUT2D eigenvalue weighted by molar-refractivity contribution is -0.178. The van der Waals surface area contributed by atoms with Crippen LogP contribution in [0.25, 0.3) is 0 Å². The minimum atomic E-state index is -1.81. The van der Waals surface area contributed by atoms with Gasteiger partial charge in [0, 0.05) is 0 Å². The second kappa shape index (κ2) is 6.02. The summed E-state index contributed by atoms with van der Waals surface area (Å²) in [6, 6.07) is 8.99. The first-order chi connectivity index (χ1) is 9.52. The smallest absolute Gasteiger partial charge is 0.367 e. The summed E-state index contributed by atoms with van der Waals surface area (Å²) in [5.74, 6) is -1.49. The molecule has 0 radical (unpaired) electrons. The van der Waals surface area contributed by atoms with Gasteiger partial charge in [-0.2, -0.15) is 0 Å². The number of nitrogens with one attached hydrogen (secondary N) is 1. The van der Waals surface area contributed by atoms with Crippen LogP contribution >= 0.6 is 11.6 Å². The van der Waals surface area contributed by atoms with Crippen molar-refractivity contribution in [2.45, 2.75) is 18.8 Å². The fourth-order valence-electron chi connectivity index (χ4n) is 1.80. The average Bonchev–Trinajstić information content (AvgIpc) is 2.79. The fourth-order valence-corrected chi connectivity index (χ4v) is 1.99. The van der Waals surface area contributed by atoms with Gasteiger partial charge < -0.3 is 9.47 Å². The van der Waals surface area contributed by atoms with Gasteiger partial charge >= 0.3 is 11.9 Å². The number of hydrogen-bond acceptors (Lipinski definition) is 6. The molecule has 0 bridgehead atoms. The van der Waals surface area contributed by atoms with Gasteiger partial charge in [-0.25, -0.2) is 4.79 Å². The van der Waals surface area contributed by atoms with Gasteiger partial charge in [0.05, 0.1) is 13.0 Å². The lowest BCUT2D eigenvalue weighted by Crippen LogP contribution is -2.51. The molecule has 2 rings (SSSR count). The number of hydrogen-bond donors (Lipinski definition) is 1. The molecule has 6 nitrogen and oxygen atoms in total. The molecule has 1 N–H and O–H groups in total. The third-order valence-corrected chi connectivity index (χ3v) is 2.87. The van der Waals surface area contributed by atoms with E-state index in [0.29, 0.717) is 0 Å². The molecule has 1 unspecified atom stereocenters. The fraction of sp³-hybridized carbons (Fsp3) is 0.308. The van der Waals surface area contributed by atoms with E-state index in [1.807, 2.05) is 6.07 Å². The number of halogens is 1. The Bertz CT molecular complexity index is 533. The standard InChI is InChI=1S/C13H12ClNO5/c14-10(16)6-13(15-7-11(17)20-13)12(18)19-8-9-4-2-1-3-5-9/h1-5,15H,6-8H2. The highest BCUT2D eigenvalue weighted by Gasteiger charge is 2.50. The number of esters is 2. The van der Waals surface area contributed by atoms with E-state index in [1.165, 1.54) is 0 Å². The molecule has 0 spiro atoms. The maximum Gasteiger partial charge on any atom is 0.367 e. The van der Waals surface area contributed by atoms with Gasteiger partial charge in [-0.1, -0.05) is 30.3 Å². The highest BCUT2D eigenvalue weighted by atomic mass is 35.5. The molecule has 0 aromatic heterocycles. The van der Waals surface area contributed by atoms with Crippen molar-refractivity contribution < 1.29 is 23.9 Å². The Balaban J connectivity index is 2.04. The summed E-state index contributed by atoms with van der Waals surface area (Å²) < 4.78 is 9.96. The Labute approximate surface area is 120 Å². The van der Waals surface area contributed by atoms with Crippen molar-refractivity contribution in [3.63, 3.8) is 0 Å². The molecule has 0 aliphatic carbocycles. The van der Waals surface area contributed by atoms with Crippen molar-refractivity contribution in [2.24, 2.45) is 0 Å². The van der Waals surface area contributed by atoms with Crippen molar-refractivity contribution in [1.29, 1.82) is 0 Å². The molecule has 1 fully saturated rings. The van der Waals surface area contributed by atoms with E-state index in [0.717, 1.165) is 5.56 Å². The monoisotopic (exact) mass is 297 g/mol. The molecule has 1 aromatic carbocycles. The molecular weight excluding hydrogens is 286 g/mol. The number of carbonyl (C=O) groups is 3. The Morgan fingerprint density at radius 3 is 2.60 bits per heavy atom. The van der Waals surface area contributed by atoms with Crippen LogP contribution in [0.2, 0.25) is 0 Å². The molecule has 0 amide bonds. The van der Waals surface area contributed by atoms with Crippen LogP contribution < -0.4 is 5.32 Å². The molecule has 1 heterocycles. The Morgan fingerprint density at radius 2 is 2.05 bits per heavy atom. The van der Waals surface area contributed by atoms with Crippen LogP contribution in [-0.4, -0.2) is 29.5 Å². The van der Waals surface area contributed by atoms with Gasteiger partial charge in [0.2, 0.25) is 5.24 Å². The molecule has 20 heavy (non-hydrogen) atoms. The van der Waals surface area contributed by atoms with Gasteiger partial charge in [0.25, 0.3) is 5.72 Å². The summed E-state index contributed by atoms with van der Waals surface area (Å²) in [5.41, 5.74) is -1.04. The van der Waals surface area contributed by atoms with E-state index in [2.05, 4.69) is 5.32 Å². The lowest BCUT2D eigenvalue weighted by atomic mass is 10.1. The zero-order chi connectivity index (χ0) is 14.6. The largest absolute Gasteiger partial charge is 0.457 e. The van der Waals surface area contributed by atoms with Gasteiger partial charge in [-0.15, -0.1) is 0 Å². The first-order valence-electron chi connectivity index (χ1n) is 5.88. The number of benzene rings is 1. The second-order valence-corrected chi connectivity index (χ2v) is 4.67. The quantitative estimate of drug-likeness (QED) is 0.637. The van der Waals surface area contributed by atoms with Crippen LogP contribution in [0.1, 0.15) is 12.0 Å². The third-order valence-electron chi connectivity index (χ3n) is 2.74. The molecule has 106 valence electrons. The minimum absolute atomic E-state index is 0.0110. The zero-order valence-electron chi connectivity index (χ0n) is 10.4. The van der Waals surface area contributed by atoms with Crippen LogP contribution in [0, 0.1) is 0 Å². The summed E-state index contributed by atoms with van der Waals surface area (Å²) >= 11 is 5.28. The van der Waals surface area contributed by atoms with E-state index in [-0.39, 0.29) is 13.2 Å². The molecule has 1 aliphatic rings. The summed E-state index contributed by atoms with van der Waals surface area (Å²) in [6.07, 6.45) is -0.478. The molecule has 1 atom stereocenters. The van der Waals surface area contributed by atoms with E-state index < -0.39 is 29.3 Å². The molecular formula is C13H12ClNO5. The highest BCUT2D eigenvalue weighted by Crippen LogP contribution is 2.22. The van der Waals surface area contributed by atoms with Crippen molar-refractivity contribution in [2.75, 3.05) is 6.54 Å². The minimum Gasteiger partial charge on any atom is -0.457 e. The summed E-state index contributed by atoms with van der Waals surface area (Å²) in [5, 5.41) is 1.73. The Morgan fingerprint density at radius 1 is 1.35 bits per heavy atom. The Kier molecular flexibility index (Phi) is 4.36. The highest BCUT2D eigenvalue weighted by molar-refractivity contribution is 6.63. The number of carbonyl (C=O) groups excluding carboxylic acids is 3. The first-order valence-corrected chi connectivity index (χ1v) is 6.26. The van der Waals surface area contributed by atoms with Crippen molar-refractivity contribution >= 4 is 28.8 Å². The molecule has 1 aliphatic heterocycles. The predicted octanol–water partition coefficient (Wildman–Crippen LogP) is 0.728. The van der Waals surface area contributed by atoms with Crippen molar-refractivity contribution in [3.8, 4) is 0 Å². The van der Waals surface area contributed by atoms with Gasteiger partial charge in [-0.3, -0.25) is 14.9 Å². The van der Waals surface area contributed by atoms with Crippen molar-refractivity contribution in [1.82, 2.24) is 5.32 Å². The van der Waals surface area contributed by atoms with Crippen molar-refractivity contribution in [3.05, 3.63) is 35.9 Å². The van der Waals surface area contributed by atoms with Crippen LogP contribution in [-0.2, 0) is 30.5 Å². The number of rotatable bonds is 5. The van der Waals surface area contributed by atoms with Gasteiger partial charge in [-0.05, 0) is 17.2 Å². The SMILES string of the molecule is O=C(Cl)CC1(C(=O)OCc2ccccc2)NCC(=O)O1. The average molecular weight is 298 g/mol. The second-order valence-electron chi connectivity index (χ2n) is 4.25. The Hall–Kier alpha value is -1.92. The predicted molar refractivity (Wildman–Crippen MR) is 68.5 cm³/mol. The van der Waals surface area contributed by atoms with Gasteiger partial charge in [0.15, 0.2) is 0 Å². The van der Waals surface area contributed by atoms with E-state index >= 15 is 0 Å². The van der Waals surface area contributed by atoms with E-state index in [4.69, 9.17) is 21.1 Å². The lowest BCUT2D eigenvalue weighted by Gasteiger charge is -2.23. The maximum absolute atomic E-state index is 12.0. The van der Waals surface area contributed by atoms with Crippen LogP contribution in [0.3, 0.4) is 0 Å². The van der Waals surface area contributed by atoms with E-state index in [1.54, 1.807) is 24.3 Å². The third kappa shape index (κ3) is 3.34. The summed E-state index contributed by atoms with van der Waals surface area (Å²) in [6.45, 7) is -0.165. The van der Waals surface area contributed by atoms with Gasteiger partial charge in [0.1, 0.15) is 6.61 Å². The van der Waals surface area contributed by atoms with Crippen LogP contribution in [0.5, 0.6) is 0 Å². The zero-order valence-corrected chi connectivity index (χ0v) is 11.2. The molecule has 7 heteroatoms.